The molecule has 0 radical (unpaired) electrons. The van der Waals surface area contributed by atoms with Crippen LogP contribution in [0.25, 0.3) is 21.9 Å². The van der Waals surface area contributed by atoms with E-state index < -0.39 is 29.9 Å². The van der Waals surface area contributed by atoms with Gasteiger partial charge in [-0.15, -0.1) is 0 Å². The summed E-state index contributed by atoms with van der Waals surface area (Å²) in [5.74, 6) is 0. The second-order valence-electron chi connectivity index (χ2n) is 14.6. The van der Waals surface area contributed by atoms with Crippen molar-refractivity contribution in [3.63, 3.8) is 0 Å². The van der Waals surface area contributed by atoms with E-state index in [4.69, 9.17) is 0 Å². The lowest BCUT2D eigenvalue weighted by Crippen LogP contribution is -2.41. The van der Waals surface area contributed by atoms with E-state index in [1.165, 1.54) is 9.80 Å². The number of rotatable bonds is 4. The topological polar surface area (TPSA) is 6.48 Å². The first-order chi connectivity index (χ1) is 26.6. The zero-order valence-electron chi connectivity index (χ0n) is 29.2. The quantitative estimate of drug-likeness (QED) is 0.166. The van der Waals surface area contributed by atoms with Crippen molar-refractivity contribution in [2.45, 2.75) is 42.7 Å². The smallest absolute Gasteiger partial charge is 0.329 e. The predicted molar refractivity (Wildman–Crippen MR) is 206 cm³/mol. The van der Waals surface area contributed by atoms with E-state index in [2.05, 4.69) is 0 Å². The lowest BCUT2D eigenvalue weighted by molar-refractivity contribution is -0.145. The summed E-state index contributed by atoms with van der Waals surface area (Å²) in [7, 11) is 0. The van der Waals surface area contributed by atoms with Crippen molar-refractivity contribution in [3.8, 4) is 11.1 Å². The lowest BCUT2D eigenvalue weighted by atomic mass is 9.67. The van der Waals surface area contributed by atoms with Gasteiger partial charge in [0.25, 0.3) is 0 Å². The van der Waals surface area contributed by atoms with Gasteiger partial charge < -0.3 is 9.80 Å². The molecule has 0 aromatic heterocycles. The van der Waals surface area contributed by atoms with Gasteiger partial charge in [-0.2, -0.15) is 26.3 Å². The predicted octanol–water partition coefficient (Wildman–Crippen LogP) is 12.5. The van der Waals surface area contributed by atoms with Crippen molar-refractivity contribution in [1.29, 1.82) is 0 Å². The average Bonchev–Trinajstić information content (AvgIpc) is 3.87. The van der Waals surface area contributed by atoms with Crippen LogP contribution >= 0.6 is 0 Å². The highest BCUT2D eigenvalue weighted by Gasteiger charge is 2.53. The van der Waals surface area contributed by atoms with Crippen LogP contribution in [0.5, 0.6) is 0 Å². The van der Waals surface area contributed by atoms with Crippen LogP contribution in [0.4, 0.5) is 49.1 Å². The van der Waals surface area contributed by atoms with Gasteiger partial charge in [0.2, 0.25) is 0 Å². The molecule has 10 rings (SSSR count). The highest BCUT2D eigenvalue weighted by molar-refractivity contribution is 6.10. The maximum atomic E-state index is 15.1. The third-order valence-corrected chi connectivity index (χ3v) is 11.8. The van der Waals surface area contributed by atoms with Crippen LogP contribution in [-0.4, -0.2) is 24.4 Å². The number of halogens is 6. The van der Waals surface area contributed by atoms with Crippen LogP contribution in [0.15, 0.2) is 158 Å². The standard InChI is InChI=1S/C47H32F6N2/c48-46(49,50)42-25-29-13-7-11-21-39(29)54(42)33-23-24-36-37(27-33)45(31-15-3-1-4-16-31,32-17-5-2-6-18-32)38-28-41(34-19-9-10-20-35(34)44(36)38)55-40-22-12-8-14-30(40)26-43(55)47(51,52)53/h1-24,27-28,42-43H,25-26H2. The van der Waals surface area contributed by atoms with Crippen molar-refractivity contribution in [1.82, 2.24) is 0 Å². The fourth-order valence-electron chi connectivity index (χ4n) is 9.57. The summed E-state index contributed by atoms with van der Waals surface area (Å²) < 4.78 is 90.0. The number of hydrogen-bond acceptors (Lipinski definition) is 2. The van der Waals surface area contributed by atoms with Crippen molar-refractivity contribution < 1.29 is 26.3 Å². The lowest BCUT2D eigenvalue weighted by Gasteiger charge is -2.36. The first-order valence-electron chi connectivity index (χ1n) is 18.3. The van der Waals surface area contributed by atoms with Crippen LogP contribution in [0.2, 0.25) is 0 Å². The fourth-order valence-corrected chi connectivity index (χ4v) is 9.57. The Kier molecular flexibility index (Phi) is 7.31. The van der Waals surface area contributed by atoms with Crippen molar-refractivity contribution >= 4 is 33.5 Å². The SMILES string of the molecule is FC(F)(F)C1Cc2ccccc2N1c1ccc2c(c1)C(c1ccccc1)(c1ccccc1)c1cc(N3c4ccccc4CC3C(F)(F)F)c3ccccc3c1-2. The van der Waals surface area contributed by atoms with Gasteiger partial charge in [-0.25, -0.2) is 0 Å². The van der Waals surface area contributed by atoms with Gasteiger partial charge in [-0.3, -0.25) is 0 Å². The molecule has 2 atom stereocenters. The molecule has 3 aliphatic rings. The Bertz CT molecular complexity index is 2570. The van der Waals surface area contributed by atoms with Crippen molar-refractivity contribution in [2.24, 2.45) is 0 Å². The zero-order chi connectivity index (χ0) is 37.7. The number of fused-ring (bicyclic) bond motifs is 7. The molecule has 0 spiro atoms. The molecule has 7 aromatic rings. The molecule has 0 amide bonds. The Morgan fingerprint density at radius 1 is 0.455 bits per heavy atom. The third-order valence-electron chi connectivity index (χ3n) is 11.8. The van der Waals surface area contributed by atoms with Gasteiger partial charge in [0, 0.05) is 41.0 Å². The summed E-state index contributed by atoms with van der Waals surface area (Å²) in [5, 5.41) is 1.42. The minimum absolute atomic E-state index is 0.175. The van der Waals surface area contributed by atoms with Gasteiger partial charge in [0.05, 0.1) is 5.41 Å². The second-order valence-corrected chi connectivity index (χ2v) is 14.6. The Morgan fingerprint density at radius 2 is 0.945 bits per heavy atom. The summed E-state index contributed by atoms with van der Waals surface area (Å²) in [6.45, 7) is 0. The van der Waals surface area contributed by atoms with Gasteiger partial charge in [0.15, 0.2) is 0 Å². The normalized spacial score (nSPS) is 18.3. The van der Waals surface area contributed by atoms with Crippen LogP contribution in [-0.2, 0) is 18.3 Å². The van der Waals surface area contributed by atoms with Crippen molar-refractivity contribution in [3.05, 3.63) is 191 Å². The molecule has 55 heavy (non-hydrogen) atoms. The van der Waals surface area contributed by atoms with Crippen molar-refractivity contribution in [2.75, 3.05) is 9.80 Å². The first kappa shape index (κ1) is 33.5. The van der Waals surface area contributed by atoms with Crippen LogP contribution < -0.4 is 9.80 Å². The molecule has 2 heterocycles. The summed E-state index contributed by atoms with van der Waals surface area (Å²) in [6.07, 6.45) is -9.41. The first-order valence-corrected chi connectivity index (χ1v) is 18.3. The molecule has 0 saturated carbocycles. The number of hydrogen-bond donors (Lipinski definition) is 0. The van der Waals surface area contributed by atoms with E-state index in [1.54, 1.807) is 54.6 Å². The molecule has 8 heteroatoms. The van der Waals surface area contributed by atoms with E-state index >= 15 is 13.2 Å². The van der Waals surface area contributed by atoms with E-state index in [0.29, 0.717) is 39.3 Å². The van der Waals surface area contributed by atoms with E-state index in [0.717, 1.165) is 38.8 Å². The maximum Gasteiger partial charge on any atom is 0.409 e. The second kappa shape index (κ2) is 12.0. The minimum Gasteiger partial charge on any atom is -0.329 e. The third kappa shape index (κ3) is 4.89. The molecular weight excluding hydrogens is 707 g/mol. The number of alkyl halides is 6. The Balaban J connectivity index is 1.32. The monoisotopic (exact) mass is 738 g/mol. The molecule has 2 unspecified atom stereocenters. The minimum atomic E-state index is -4.53. The summed E-state index contributed by atoms with van der Waals surface area (Å²) in [5.41, 5.74) is 6.85. The maximum absolute atomic E-state index is 15.1. The molecule has 0 bridgehead atoms. The molecule has 0 fully saturated rings. The number of nitrogens with zero attached hydrogens (tertiary/aromatic N) is 2. The van der Waals surface area contributed by atoms with Gasteiger partial charge in [0.1, 0.15) is 12.1 Å². The molecule has 2 aliphatic heterocycles. The van der Waals surface area contributed by atoms with E-state index in [9.17, 15) is 13.2 Å². The molecule has 7 aromatic carbocycles. The highest BCUT2D eigenvalue weighted by Crippen LogP contribution is 2.61. The van der Waals surface area contributed by atoms with Crippen LogP contribution in [0.3, 0.4) is 0 Å². The van der Waals surface area contributed by atoms with E-state index in [1.807, 2.05) is 103 Å². The largest absolute Gasteiger partial charge is 0.409 e. The Morgan fingerprint density at radius 3 is 1.53 bits per heavy atom. The molecular formula is C47H32F6N2. The highest BCUT2D eigenvalue weighted by atomic mass is 19.4. The average molecular weight is 739 g/mol. The summed E-state index contributed by atoms with van der Waals surface area (Å²) >= 11 is 0. The van der Waals surface area contributed by atoms with Gasteiger partial charge >= 0.3 is 12.4 Å². The van der Waals surface area contributed by atoms with Crippen LogP contribution in [0.1, 0.15) is 33.4 Å². The van der Waals surface area contributed by atoms with Gasteiger partial charge in [-0.05, 0) is 80.2 Å². The molecule has 0 saturated heterocycles. The number of para-hydroxylation sites is 2. The number of benzene rings is 7. The molecule has 272 valence electrons. The Labute approximate surface area is 313 Å². The van der Waals surface area contributed by atoms with Gasteiger partial charge in [-0.1, -0.05) is 127 Å². The zero-order valence-corrected chi connectivity index (χ0v) is 29.2. The summed E-state index contributed by atoms with van der Waals surface area (Å²) in [4.78, 5) is 2.85. The Hall–Kier alpha value is -6.02. The fraction of sp³-hybridized carbons (Fsp3) is 0.149. The summed E-state index contributed by atoms with van der Waals surface area (Å²) in [6, 6.07) is 45.0. The number of anilines is 4. The molecule has 0 N–H and O–H groups in total. The van der Waals surface area contributed by atoms with E-state index in [-0.39, 0.29) is 12.8 Å². The molecule has 2 nitrogen and oxygen atoms in total. The van der Waals surface area contributed by atoms with Crippen LogP contribution in [0, 0.1) is 0 Å². The molecule has 1 aliphatic carbocycles.